The van der Waals surface area contributed by atoms with Crippen LogP contribution in [0.5, 0.6) is 5.75 Å². The molecule has 25 heavy (non-hydrogen) atoms. The molecule has 5 nitrogen and oxygen atoms in total. The molecule has 0 aliphatic heterocycles. The number of nitrogens with one attached hydrogen (secondary N) is 1. The Morgan fingerprint density at radius 1 is 1.16 bits per heavy atom. The molecular weight excluding hydrogens is 348 g/mol. The predicted molar refractivity (Wildman–Crippen MR) is 92.6 cm³/mol. The smallest absolute Gasteiger partial charge is 0.206 e. The highest BCUT2D eigenvalue weighted by molar-refractivity contribution is 7.18. The average Bonchev–Trinajstić information content (AvgIpc) is 2.98. The van der Waals surface area contributed by atoms with Crippen molar-refractivity contribution in [3.63, 3.8) is 0 Å². The van der Waals surface area contributed by atoms with E-state index in [1.54, 1.807) is 24.3 Å². The highest BCUT2D eigenvalue weighted by Crippen LogP contribution is 2.30. The lowest BCUT2D eigenvalue weighted by molar-refractivity contribution is 0.104. The third kappa shape index (κ3) is 3.58. The summed E-state index contributed by atoms with van der Waals surface area (Å²) in [4.78, 5) is 16.9. The van der Waals surface area contributed by atoms with Crippen LogP contribution in [-0.2, 0) is 0 Å². The summed E-state index contributed by atoms with van der Waals surface area (Å²) in [5, 5.41) is 3.11. The Morgan fingerprint density at radius 2 is 1.88 bits per heavy atom. The molecule has 8 heteroatoms. The van der Waals surface area contributed by atoms with Gasteiger partial charge in [0, 0.05) is 17.3 Å². The first kappa shape index (κ1) is 16.8. The minimum absolute atomic E-state index is 0.0656. The van der Waals surface area contributed by atoms with E-state index in [0.29, 0.717) is 22.1 Å². The molecule has 1 aromatic heterocycles. The Labute approximate surface area is 146 Å². The van der Waals surface area contributed by atoms with E-state index in [9.17, 15) is 13.6 Å². The number of halogens is 2. The first-order valence-electron chi connectivity index (χ1n) is 7.15. The van der Waals surface area contributed by atoms with Gasteiger partial charge in [0.25, 0.3) is 0 Å². The zero-order chi connectivity index (χ0) is 18.0. The quantitative estimate of drug-likeness (QED) is 0.672. The molecule has 0 amide bonds. The molecule has 0 saturated carbocycles. The van der Waals surface area contributed by atoms with E-state index in [1.165, 1.54) is 13.2 Å². The molecule has 1 heterocycles. The summed E-state index contributed by atoms with van der Waals surface area (Å²) in [5.74, 6) is -1.51. The number of aromatic nitrogens is 1. The molecule has 0 fully saturated rings. The van der Waals surface area contributed by atoms with Crippen molar-refractivity contribution in [2.24, 2.45) is 0 Å². The number of nitrogens with two attached hydrogens (primary N) is 1. The second kappa shape index (κ2) is 6.86. The average molecular weight is 361 g/mol. The topological polar surface area (TPSA) is 77.2 Å². The number of methoxy groups -OCH3 is 1. The van der Waals surface area contributed by atoms with Gasteiger partial charge in [-0.1, -0.05) is 11.3 Å². The second-order valence-electron chi connectivity index (χ2n) is 5.04. The van der Waals surface area contributed by atoms with E-state index in [0.717, 1.165) is 23.5 Å². The zero-order valence-corrected chi connectivity index (χ0v) is 13.9. The van der Waals surface area contributed by atoms with Crippen molar-refractivity contribution in [3.05, 3.63) is 64.5 Å². The van der Waals surface area contributed by atoms with E-state index >= 15 is 0 Å². The van der Waals surface area contributed by atoms with Crippen LogP contribution in [0.4, 0.5) is 25.4 Å². The van der Waals surface area contributed by atoms with Crippen molar-refractivity contribution < 1.29 is 18.3 Å². The van der Waals surface area contributed by atoms with E-state index in [1.807, 2.05) is 0 Å². The van der Waals surface area contributed by atoms with Gasteiger partial charge in [0.2, 0.25) is 5.78 Å². The number of carbonyl (C=O) groups excluding carboxylic acids is 1. The fourth-order valence-electron chi connectivity index (χ4n) is 2.12. The van der Waals surface area contributed by atoms with Crippen molar-refractivity contribution in [3.8, 4) is 5.75 Å². The van der Waals surface area contributed by atoms with Crippen LogP contribution in [0.1, 0.15) is 15.2 Å². The molecular formula is C17H13F2N3O2S. The van der Waals surface area contributed by atoms with Crippen molar-refractivity contribution >= 4 is 33.8 Å². The maximum absolute atomic E-state index is 13.3. The van der Waals surface area contributed by atoms with Gasteiger partial charge in [-0.25, -0.2) is 13.8 Å². The number of anilines is 3. The fourth-order valence-corrected chi connectivity index (χ4v) is 2.99. The Morgan fingerprint density at radius 3 is 2.52 bits per heavy atom. The molecule has 0 unspecified atom stereocenters. The highest BCUT2D eigenvalue weighted by atomic mass is 32.1. The van der Waals surface area contributed by atoms with Gasteiger partial charge >= 0.3 is 0 Å². The largest absolute Gasteiger partial charge is 0.497 e. The minimum Gasteiger partial charge on any atom is -0.497 e. The Bertz CT molecular complexity index is 926. The van der Waals surface area contributed by atoms with Gasteiger partial charge in [-0.05, 0) is 36.4 Å². The molecule has 0 radical (unpaired) electrons. The number of nitrogens with zero attached hydrogens (tertiary/aromatic N) is 1. The number of ketones is 1. The fraction of sp³-hybridized carbons (Fsp3) is 0.0588. The number of ether oxygens (including phenoxy) is 1. The maximum Gasteiger partial charge on any atom is 0.206 e. The van der Waals surface area contributed by atoms with Gasteiger partial charge in [-0.15, -0.1) is 0 Å². The van der Waals surface area contributed by atoms with Crippen molar-refractivity contribution in [1.29, 1.82) is 0 Å². The molecule has 2 aromatic carbocycles. The number of hydrogen-bond acceptors (Lipinski definition) is 6. The second-order valence-corrected chi connectivity index (χ2v) is 6.04. The number of carbonyl (C=O) groups is 1. The summed E-state index contributed by atoms with van der Waals surface area (Å²) in [5.41, 5.74) is 6.57. The van der Waals surface area contributed by atoms with Crippen LogP contribution >= 0.6 is 11.3 Å². The Hall–Kier alpha value is -3.00. The Balaban J connectivity index is 1.83. The first-order valence-corrected chi connectivity index (χ1v) is 7.96. The van der Waals surface area contributed by atoms with Crippen LogP contribution in [0.3, 0.4) is 0 Å². The first-order chi connectivity index (χ1) is 12.0. The minimum atomic E-state index is -0.982. The summed E-state index contributed by atoms with van der Waals surface area (Å²) in [6, 6.07) is 9.96. The molecule has 0 spiro atoms. The van der Waals surface area contributed by atoms with E-state index in [-0.39, 0.29) is 16.5 Å². The Kier molecular flexibility index (Phi) is 4.62. The third-order valence-electron chi connectivity index (χ3n) is 3.38. The molecule has 0 atom stereocenters. The molecule has 0 aliphatic carbocycles. The maximum atomic E-state index is 13.3. The molecule has 3 aromatic rings. The lowest BCUT2D eigenvalue weighted by Gasteiger charge is -2.02. The van der Waals surface area contributed by atoms with Gasteiger partial charge in [-0.3, -0.25) is 4.79 Å². The summed E-state index contributed by atoms with van der Waals surface area (Å²) < 4.78 is 31.3. The van der Waals surface area contributed by atoms with E-state index in [2.05, 4.69) is 10.3 Å². The monoisotopic (exact) mass is 361 g/mol. The summed E-state index contributed by atoms with van der Waals surface area (Å²) in [6.45, 7) is 0. The molecule has 0 saturated heterocycles. The standard InChI is InChI=1S/C17H13F2N3O2S/c1-24-11-5-2-9(3-6-11)14(23)15-16(20)22-17(25-15)21-10-4-7-12(18)13(19)8-10/h2-8H,20H2,1H3,(H,21,22). The molecule has 128 valence electrons. The number of benzene rings is 2. The number of rotatable bonds is 5. The number of nitrogen functional groups attached to an aromatic ring is 1. The number of hydrogen-bond donors (Lipinski definition) is 2. The van der Waals surface area contributed by atoms with Crippen LogP contribution in [0.25, 0.3) is 0 Å². The van der Waals surface area contributed by atoms with Crippen LogP contribution < -0.4 is 15.8 Å². The van der Waals surface area contributed by atoms with Crippen molar-refractivity contribution in [2.45, 2.75) is 0 Å². The highest BCUT2D eigenvalue weighted by Gasteiger charge is 2.18. The SMILES string of the molecule is COc1ccc(C(=O)c2sc(Nc3ccc(F)c(F)c3)nc2N)cc1. The van der Waals surface area contributed by atoms with Gasteiger partial charge in [-0.2, -0.15) is 0 Å². The van der Waals surface area contributed by atoms with Crippen LogP contribution in [-0.4, -0.2) is 17.9 Å². The number of thiazole rings is 1. The van der Waals surface area contributed by atoms with Crippen LogP contribution in [0.2, 0.25) is 0 Å². The lowest BCUT2D eigenvalue weighted by Crippen LogP contribution is -2.02. The molecule has 0 bridgehead atoms. The molecule has 3 rings (SSSR count). The van der Waals surface area contributed by atoms with Gasteiger partial charge in [0.05, 0.1) is 7.11 Å². The van der Waals surface area contributed by atoms with E-state index < -0.39 is 11.6 Å². The third-order valence-corrected chi connectivity index (χ3v) is 4.37. The summed E-state index contributed by atoms with van der Waals surface area (Å²) in [7, 11) is 1.54. The van der Waals surface area contributed by atoms with E-state index in [4.69, 9.17) is 10.5 Å². The zero-order valence-electron chi connectivity index (χ0n) is 13.0. The van der Waals surface area contributed by atoms with Crippen LogP contribution in [0, 0.1) is 11.6 Å². The summed E-state index contributed by atoms with van der Waals surface area (Å²) >= 11 is 1.03. The van der Waals surface area contributed by atoms with Crippen molar-refractivity contribution in [2.75, 3.05) is 18.2 Å². The predicted octanol–water partition coefficient (Wildman–Crippen LogP) is 3.99. The molecule has 0 aliphatic rings. The normalized spacial score (nSPS) is 10.5. The van der Waals surface area contributed by atoms with Gasteiger partial charge in [0.15, 0.2) is 16.8 Å². The van der Waals surface area contributed by atoms with Crippen LogP contribution in [0.15, 0.2) is 42.5 Å². The molecule has 3 N–H and O–H groups in total. The van der Waals surface area contributed by atoms with Gasteiger partial charge < -0.3 is 15.8 Å². The van der Waals surface area contributed by atoms with Crippen molar-refractivity contribution in [1.82, 2.24) is 4.98 Å². The van der Waals surface area contributed by atoms with Gasteiger partial charge in [0.1, 0.15) is 16.4 Å². The summed E-state index contributed by atoms with van der Waals surface area (Å²) in [6.07, 6.45) is 0. The lowest BCUT2D eigenvalue weighted by atomic mass is 10.1.